The zero-order chi connectivity index (χ0) is 18.3. The molecule has 1 unspecified atom stereocenters. The first-order chi connectivity index (χ1) is 11.8. The number of aromatic nitrogens is 4. The highest BCUT2D eigenvalue weighted by atomic mass is 19.3. The van der Waals surface area contributed by atoms with E-state index in [1.807, 2.05) is 0 Å². The zero-order valence-corrected chi connectivity index (χ0v) is 13.7. The van der Waals surface area contributed by atoms with Gasteiger partial charge in [-0.3, -0.25) is 4.79 Å². The minimum Gasteiger partial charge on any atom is -0.432 e. The number of fused-ring (bicyclic) bond motifs is 1. The fraction of sp³-hybridized carbons (Fsp3) is 0.312. The third-order valence-corrected chi connectivity index (χ3v) is 3.88. The number of nitrogens with one attached hydrogen (secondary N) is 1. The number of hydrogen-bond acceptors (Lipinski definition) is 4. The van der Waals surface area contributed by atoms with Gasteiger partial charge in [0.2, 0.25) is 0 Å². The summed E-state index contributed by atoms with van der Waals surface area (Å²) in [6.45, 7) is 1.97. The Morgan fingerprint density at radius 1 is 1.28 bits per heavy atom. The van der Waals surface area contributed by atoms with Crippen LogP contribution in [0.3, 0.4) is 0 Å². The van der Waals surface area contributed by atoms with E-state index in [0.717, 1.165) is 12.1 Å². The molecule has 2 heterocycles. The van der Waals surface area contributed by atoms with Crippen LogP contribution < -0.4 is 10.3 Å². The first-order valence-electron chi connectivity index (χ1n) is 7.48. The summed E-state index contributed by atoms with van der Waals surface area (Å²) in [6, 6.07) is 3.23. The molecule has 2 aromatic heterocycles. The Hall–Kier alpha value is -2.84. The first kappa shape index (κ1) is 17.0. The molecule has 0 bridgehead atoms. The third kappa shape index (κ3) is 3.09. The monoisotopic (exact) mass is 352 g/mol. The van der Waals surface area contributed by atoms with Gasteiger partial charge in [0, 0.05) is 0 Å². The van der Waals surface area contributed by atoms with Crippen LogP contribution >= 0.6 is 0 Å². The Bertz CT molecular complexity index is 997. The van der Waals surface area contributed by atoms with Gasteiger partial charge in [-0.05, 0) is 38.5 Å². The fourth-order valence-corrected chi connectivity index (χ4v) is 2.70. The summed E-state index contributed by atoms with van der Waals surface area (Å²) in [7, 11) is 0. The molecule has 1 atom stereocenters. The van der Waals surface area contributed by atoms with Gasteiger partial charge in [0.1, 0.15) is 11.2 Å². The number of alkyl halides is 2. The smallest absolute Gasteiger partial charge is 0.387 e. The molecule has 132 valence electrons. The number of ether oxygens (including phenoxy) is 1. The van der Waals surface area contributed by atoms with E-state index >= 15 is 0 Å². The van der Waals surface area contributed by atoms with Gasteiger partial charge in [-0.25, -0.2) is 14.1 Å². The number of H-pyrrole nitrogens is 1. The molecule has 0 aliphatic carbocycles. The molecule has 0 radical (unpaired) electrons. The van der Waals surface area contributed by atoms with Crippen molar-refractivity contribution in [3.8, 4) is 5.75 Å². The second-order valence-corrected chi connectivity index (χ2v) is 5.62. The Balaban J connectivity index is 2.07. The van der Waals surface area contributed by atoms with Crippen LogP contribution in [0.15, 0.2) is 23.0 Å². The van der Waals surface area contributed by atoms with Crippen LogP contribution in [0, 0.1) is 19.7 Å². The maximum absolute atomic E-state index is 14.0. The lowest BCUT2D eigenvalue weighted by molar-refractivity contribution is -0.0522. The van der Waals surface area contributed by atoms with Crippen molar-refractivity contribution in [3.05, 3.63) is 51.5 Å². The Kier molecular flexibility index (Phi) is 4.23. The van der Waals surface area contributed by atoms with Gasteiger partial charge in [0.25, 0.3) is 5.56 Å². The molecule has 0 spiro atoms. The summed E-state index contributed by atoms with van der Waals surface area (Å²) in [5.74, 6) is -1.00. The van der Waals surface area contributed by atoms with E-state index in [1.54, 1.807) is 20.8 Å². The average Bonchev–Trinajstić information content (AvgIpc) is 2.85. The van der Waals surface area contributed by atoms with Crippen molar-refractivity contribution in [2.24, 2.45) is 0 Å². The first-order valence-corrected chi connectivity index (χ1v) is 7.48. The second-order valence-electron chi connectivity index (χ2n) is 5.62. The summed E-state index contributed by atoms with van der Waals surface area (Å²) < 4.78 is 44.1. The molecule has 0 fully saturated rings. The van der Waals surface area contributed by atoms with Crippen LogP contribution in [0.2, 0.25) is 0 Å². The van der Waals surface area contributed by atoms with Crippen molar-refractivity contribution in [2.75, 3.05) is 0 Å². The van der Waals surface area contributed by atoms with Crippen LogP contribution in [-0.4, -0.2) is 26.4 Å². The largest absolute Gasteiger partial charge is 0.432 e. The SMILES string of the molecule is Cc1nc2c(c(C)nn2C(C)c2ccc(OC(F)F)c(F)c2)c(=O)[nH]1. The molecule has 0 aliphatic heterocycles. The van der Waals surface area contributed by atoms with Crippen LogP contribution in [0.1, 0.15) is 30.0 Å². The highest BCUT2D eigenvalue weighted by molar-refractivity contribution is 5.77. The van der Waals surface area contributed by atoms with Gasteiger partial charge >= 0.3 is 6.61 Å². The second kappa shape index (κ2) is 6.23. The molecule has 6 nitrogen and oxygen atoms in total. The molecule has 3 aromatic rings. The average molecular weight is 352 g/mol. The lowest BCUT2D eigenvalue weighted by Crippen LogP contribution is -2.13. The number of halogens is 3. The maximum Gasteiger partial charge on any atom is 0.387 e. The van der Waals surface area contributed by atoms with Gasteiger partial charge in [0.15, 0.2) is 17.2 Å². The predicted octanol–water partition coefficient (Wildman–Crippen LogP) is 3.09. The molecule has 9 heteroatoms. The summed E-state index contributed by atoms with van der Waals surface area (Å²) in [4.78, 5) is 19.0. The quantitative estimate of drug-likeness (QED) is 0.783. The molecule has 25 heavy (non-hydrogen) atoms. The van der Waals surface area contributed by atoms with Gasteiger partial charge in [0.05, 0.1) is 11.7 Å². The number of aryl methyl sites for hydroxylation is 2. The van der Waals surface area contributed by atoms with Gasteiger partial charge in [-0.15, -0.1) is 0 Å². The molecule has 3 rings (SSSR count). The van der Waals surface area contributed by atoms with Crippen molar-refractivity contribution in [1.82, 2.24) is 19.7 Å². The van der Waals surface area contributed by atoms with Gasteiger partial charge in [-0.2, -0.15) is 13.9 Å². The molecular formula is C16H15F3N4O2. The normalized spacial score (nSPS) is 12.8. The number of aromatic amines is 1. The Labute approximate surface area is 140 Å². The fourth-order valence-electron chi connectivity index (χ4n) is 2.70. The van der Waals surface area contributed by atoms with Crippen LogP contribution in [0.5, 0.6) is 5.75 Å². The van der Waals surface area contributed by atoms with E-state index in [-0.39, 0.29) is 5.56 Å². The van der Waals surface area contributed by atoms with Crippen LogP contribution in [-0.2, 0) is 0 Å². The number of benzene rings is 1. The van der Waals surface area contributed by atoms with Crippen molar-refractivity contribution in [3.63, 3.8) is 0 Å². The van der Waals surface area contributed by atoms with Crippen molar-refractivity contribution < 1.29 is 17.9 Å². The number of nitrogens with zero attached hydrogens (tertiary/aromatic N) is 3. The summed E-state index contributed by atoms with van der Waals surface area (Å²) in [6.07, 6.45) is 0. The van der Waals surface area contributed by atoms with E-state index in [9.17, 15) is 18.0 Å². The minimum absolute atomic E-state index is 0.301. The van der Waals surface area contributed by atoms with Crippen molar-refractivity contribution in [1.29, 1.82) is 0 Å². The molecule has 0 aliphatic rings. The van der Waals surface area contributed by atoms with Crippen LogP contribution in [0.25, 0.3) is 11.0 Å². The van der Waals surface area contributed by atoms with Gasteiger partial charge < -0.3 is 9.72 Å². The third-order valence-electron chi connectivity index (χ3n) is 3.88. The highest BCUT2D eigenvalue weighted by Gasteiger charge is 2.20. The lowest BCUT2D eigenvalue weighted by Gasteiger charge is -2.15. The topological polar surface area (TPSA) is 72.8 Å². The molecular weight excluding hydrogens is 337 g/mol. The standard InChI is InChI=1S/C16H15F3N4O2/c1-7-13-14(20-9(3)21-15(13)24)23(22-7)8(2)10-4-5-12(11(17)6-10)25-16(18)19/h4-6,8,16H,1-3H3,(H,20,21,24). The highest BCUT2D eigenvalue weighted by Crippen LogP contribution is 2.27. The van der Waals surface area contributed by atoms with Crippen molar-refractivity contribution >= 4 is 11.0 Å². The Morgan fingerprint density at radius 2 is 2.00 bits per heavy atom. The minimum atomic E-state index is -3.10. The number of hydrogen-bond donors (Lipinski definition) is 1. The van der Waals surface area contributed by atoms with Gasteiger partial charge in [-0.1, -0.05) is 6.07 Å². The van der Waals surface area contributed by atoms with E-state index in [4.69, 9.17) is 0 Å². The summed E-state index contributed by atoms with van der Waals surface area (Å²) in [5.41, 5.74) is 1.04. The zero-order valence-electron chi connectivity index (χ0n) is 13.7. The number of rotatable bonds is 4. The molecule has 1 N–H and O–H groups in total. The van der Waals surface area contributed by atoms with E-state index in [0.29, 0.717) is 28.1 Å². The molecule has 0 amide bonds. The van der Waals surface area contributed by atoms with E-state index < -0.39 is 24.2 Å². The molecule has 1 aromatic carbocycles. The predicted molar refractivity (Wildman–Crippen MR) is 84.5 cm³/mol. The summed E-state index contributed by atoms with van der Waals surface area (Å²) >= 11 is 0. The maximum atomic E-state index is 14.0. The van der Waals surface area contributed by atoms with E-state index in [2.05, 4.69) is 19.8 Å². The molecule has 0 saturated carbocycles. The van der Waals surface area contributed by atoms with Crippen LogP contribution in [0.4, 0.5) is 13.2 Å². The summed E-state index contributed by atoms with van der Waals surface area (Å²) in [5, 5.41) is 4.69. The lowest BCUT2D eigenvalue weighted by atomic mass is 10.1. The Morgan fingerprint density at radius 3 is 2.64 bits per heavy atom. The van der Waals surface area contributed by atoms with E-state index in [1.165, 1.54) is 10.7 Å². The molecule has 0 saturated heterocycles. The van der Waals surface area contributed by atoms with Crippen molar-refractivity contribution in [2.45, 2.75) is 33.4 Å².